The Morgan fingerprint density at radius 3 is 2.75 bits per heavy atom. The van der Waals surface area contributed by atoms with Crippen molar-refractivity contribution in [3.63, 3.8) is 0 Å². The summed E-state index contributed by atoms with van der Waals surface area (Å²) in [6, 6.07) is 0. The molecule has 0 aromatic rings. The molecule has 5 nitrogen and oxygen atoms in total. The van der Waals surface area contributed by atoms with Gasteiger partial charge in [-0.05, 0) is 33.7 Å². The number of nitrogens with one attached hydrogen (secondary N) is 1. The van der Waals surface area contributed by atoms with Crippen LogP contribution in [0.5, 0.6) is 0 Å². The van der Waals surface area contributed by atoms with Gasteiger partial charge in [0, 0.05) is 44.2 Å². The van der Waals surface area contributed by atoms with Crippen LogP contribution in [0.3, 0.4) is 0 Å². The van der Waals surface area contributed by atoms with Crippen LogP contribution >= 0.6 is 0 Å². The minimum Gasteiger partial charge on any atom is -0.356 e. The van der Waals surface area contributed by atoms with E-state index >= 15 is 0 Å². The van der Waals surface area contributed by atoms with Gasteiger partial charge in [-0.25, -0.2) is 0 Å². The first kappa shape index (κ1) is 15.0. The van der Waals surface area contributed by atoms with Gasteiger partial charge in [-0.3, -0.25) is 14.5 Å². The van der Waals surface area contributed by atoms with E-state index < -0.39 is 0 Å². The van der Waals surface area contributed by atoms with Crippen molar-refractivity contribution in [2.24, 2.45) is 0 Å². The van der Waals surface area contributed by atoms with E-state index in [4.69, 9.17) is 0 Å². The molecule has 2 heterocycles. The summed E-state index contributed by atoms with van der Waals surface area (Å²) in [6.07, 6.45) is 4.00. The van der Waals surface area contributed by atoms with Crippen LogP contribution in [0, 0.1) is 0 Å². The smallest absolute Gasteiger partial charge is 0.246 e. The predicted molar refractivity (Wildman–Crippen MR) is 78.2 cm³/mol. The summed E-state index contributed by atoms with van der Waals surface area (Å²) in [5.41, 5.74) is 0.975. The number of carbonyl (C=O) groups excluding carboxylic acids is 2. The molecule has 0 aromatic carbocycles. The maximum atomic E-state index is 12.2. The standard InChI is InChI=1S/C15H25N3O2/c1-12(2)10-14(20)18-9-8-17(3)15(11-18)5-4-13(19)16-7-6-15/h10H,4-9,11H2,1-3H3,(H,16,19)/t15-/m0/s1. The average Bonchev–Trinajstić information content (AvgIpc) is 2.55. The zero-order chi connectivity index (χ0) is 14.8. The van der Waals surface area contributed by atoms with Crippen molar-refractivity contribution in [3.05, 3.63) is 11.6 Å². The zero-order valence-corrected chi connectivity index (χ0v) is 12.7. The van der Waals surface area contributed by atoms with Gasteiger partial charge in [0.25, 0.3) is 0 Å². The highest BCUT2D eigenvalue weighted by Crippen LogP contribution is 2.30. The van der Waals surface area contributed by atoms with Crippen molar-refractivity contribution in [3.8, 4) is 0 Å². The third-order valence-corrected chi connectivity index (χ3v) is 4.45. The summed E-state index contributed by atoms with van der Waals surface area (Å²) in [6.45, 7) is 6.95. The van der Waals surface area contributed by atoms with E-state index in [0.29, 0.717) is 13.0 Å². The lowest BCUT2D eigenvalue weighted by molar-refractivity contribution is -0.131. The number of rotatable bonds is 1. The number of carbonyl (C=O) groups is 2. The first-order chi connectivity index (χ1) is 9.43. The maximum Gasteiger partial charge on any atom is 0.246 e. The first-order valence-electron chi connectivity index (χ1n) is 7.35. The van der Waals surface area contributed by atoms with Crippen molar-refractivity contribution in [1.29, 1.82) is 0 Å². The molecule has 0 aliphatic carbocycles. The van der Waals surface area contributed by atoms with Gasteiger partial charge in [0.1, 0.15) is 0 Å². The molecule has 112 valence electrons. The third-order valence-electron chi connectivity index (χ3n) is 4.45. The number of likely N-dealkylation sites (N-methyl/N-ethyl adjacent to an activating group) is 1. The van der Waals surface area contributed by atoms with Gasteiger partial charge >= 0.3 is 0 Å². The third kappa shape index (κ3) is 3.20. The summed E-state index contributed by atoms with van der Waals surface area (Å²) in [4.78, 5) is 28.1. The number of hydrogen-bond donors (Lipinski definition) is 1. The van der Waals surface area contributed by atoms with Crippen LogP contribution in [0.15, 0.2) is 11.6 Å². The van der Waals surface area contributed by atoms with Gasteiger partial charge in [0.2, 0.25) is 11.8 Å². The summed E-state index contributed by atoms with van der Waals surface area (Å²) < 4.78 is 0. The molecule has 2 saturated heterocycles. The van der Waals surface area contributed by atoms with Gasteiger partial charge in [-0.15, -0.1) is 0 Å². The summed E-state index contributed by atoms with van der Waals surface area (Å²) >= 11 is 0. The van der Waals surface area contributed by atoms with E-state index in [0.717, 1.165) is 38.0 Å². The molecular weight excluding hydrogens is 254 g/mol. The van der Waals surface area contributed by atoms with Gasteiger partial charge < -0.3 is 10.2 Å². The van der Waals surface area contributed by atoms with Crippen LogP contribution in [0.2, 0.25) is 0 Å². The van der Waals surface area contributed by atoms with Crippen LogP contribution in [0.4, 0.5) is 0 Å². The van der Waals surface area contributed by atoms with Crippen molar-refractivity contribution in [1.82, 2.24) is 15.1 Å². The van der Waals surface area contributed by atoms with Crippen molar-refractivity contribution >= 4 is 11.8 Å². The Morgan fingerprint density at radius 2 is 2.05 bits per heavy atom. The van der Waals surface area contributed by atoms with E-state index in [1.807, 2.05) is 18.7 Å². The van der Waals surface area contributed by atoms with Crippen LogP contribution < -0.4 is 5.32 Å². The molecule has 1 spiro atoms. The number of piperazine rings is 1. The molecule has 2 amide bonds. The highest BCUT2D eigenvalue weighted by Gasteiger charge is 2.41. The highest BCUT2D eigenvalue weighted by molar-refractivity contribution is 5.88. The van der Waals surface area contributed by atoms with E-state index in [-0.39, 0.29) is 17.4 Å². The van der Waals surface area contributed by atoms with Crippen molar-refractivity contribution in [2.75, 3.05) is 33.2 Å². The second-order valence-corrected chi connectivity index (χ2v) is 6.23. The highest BCUT2D eigenvalue weighted by atomic mass is 16.2. The molecule has 0 saturated carbocycles. The lowest BCUT2D eigenvalue weighted by Crippen LogP contribution is -2.62. The van der Waals surface area contributed by atoms with Crippen LogP contribution in [-0.4, -0.2) is 60.4 Å². The Balaban J connectivity index is 2.13. The topological polar surface area (TPSA) is 52.7 Å². The van der Waals surface area contributed by atoms with Gasteiger partial charge in [0.15, 0.2) is 0 Å². The molecule has 1 atom stereocenters. The molecule has 1 N–H and O–H groups in total. The Morgan fingerprint density at radius 1 is 1.30 bits per heavy atom. The normalized spacial score (nSPS) is 27.9. The minimum atomic E-state index is -0.0530. The predicted octanol–water partition coefficient (Wildman–Crippen LogP) is 0.766. The molecule has 2 fully saturated rings. The Bertz CT molecular complexity index is 429. The number of nitrogens with zero attached hydrogens (tertiary/aromatic N) is 2. The molecular formula is C15H25N3O2. The SMILES string of the molecule is CC(C)=CC(=O)N1CCN(C)[C@@]2(CCNC(=O)CC2)C1. The van der Waals surface area contributed by atoms with E-state index in [2.05, 4.69) is 17.3 Å². The summed E-state index contributed by atoms with van der Waals surface area (Å²) in [5, 5.41) is 2.93. The fourth-order valence-electron chi connectivity index (χ4n) is 3.12. The molecule has 20 heavy (non-hydrogen) atoms. The number of amides is 2. The van der Waals surface area contributed by atoms with Gasteiger partial charge in [0.05, 0.1) is 0 Å². The Kier molecular flexibility index (Phi) is 4.48. The monoisotopic (exact) mass is 279 g/mol. The van der Waals surface area contributed by atoms with Crippen LogP contribution in [0.25, 0.3) is 0 Å². The molecule has 0 unspecified atom stereocenters. The molecule has 2 aliphatic rings. The second-order valence-electron chi connectivity index (χ2n) is 6.23. The number of allylic oxidation sites excluding steroid dienone is 1. The molecule has 0 radical (unpaired) electrons. The zero-order valence-electron chi connectivity index (χ0n) is 12.7. The van der Waals surface area contributed by atoms with Gasteiger partial charge in [-0.1, -0.05) is 5.57 Å². The maximum absolute atomic E-state index is 12.2. The fraction of sp³-hybridized carbons (Fsp3) is 0.733. The van der Waals surface area contributed by atoms with E-state index in [9.17, 15) is 9.59 Å². The van der Waals surface area contributed by atoms with Gasteiger partial charge in [-0.2, -0.15) is 0 Å². The fourth-order valence-corrected chi connectivity index (χ4v) is 3.12. The lowest BCUT2D eigenvalue weighted by atomic mass is 9.86. The largest absolute Gasteiger partial charge is 0.356 e. The van der Waals surface area contributed by atoms with Crippen LogP contribution in [-0.2, 0) is 9.59 Å². The van der Waals surface area contributed by atoms with E-state index in [1.165, 1.54) is 0 Å². The Hall–Kier alpha value is -1.36. The molecule has 2 aliphatic heterocycles. The van der Waals surface area contributed by atoms with Crippen molar-refractivity contribution < 1.29 is 9.59 Å². The molecule has 0 bridgehead atoms. The number of hydrogen-bond acceptors (Lipinski definition) is 3. The Labute approximate surface area is 121 Å². The van der Waals surface area contributed by atoms with E-state index in [1.54, 1.807) is 6.08 Å². The van der Waals surface area contributed by atoms with Crippen molar-refractivity contribution in [2.45, 2.75) is 38.6 Å². The molecule has 0 aromatic heterocycles. The summed E-state index contributed by atoms with van der Waals surface area (Å²) in [7, 11) is 2.11. The van der Waals surface area contributed by atoms with Crippen LogP contribution in [0.1, 0.15) is 33.1 Å². The quantitative estimate of drug-likeness (QED) is 0.721. The lowest BCUT2D eigenvalue weighted by Gasteiger charge is -2.49. The summed E-state index contributed by atoms with van der Waals surface area (Å²) in [5.74, 6) is 0.226. The minimum absolute atomic E-state index is 0.0530. The molecule has 5 heteroatoms. The average molecular weight is 279 g/mol. The first-order valence-corrected chi connectivity index (χ1v) is 7.35. The second kappa shape index (κ2) is 5.95. The molecule has 2 rings (SSSR count).